The van der Waals surface area contributed by atoms with Crippen LogP contribution in [0.15, 0.2) is 78.9 Å². The number of hydrogen-bond donors (Lipinski definition) is 1. The second-order valence-corrected chi connectivity index (χ2v) is 11.7. The van der Waals surface area contributed by atoms with Gasteiger partial charge in [0.15, 0.2) is 0 Å². The first-order valence-corrected chi connectivity index (χ1v) is 14.9. The first kappa shape index (κ1) is 30.0. The number of amides is 2. The Balaban J connectivity index is 1.85. The molecule has 0 heterocycles. The minimum absolute atomic E-state index is 0.0726. The van der Waals surface area contributed by atoms with E-state index in [1.165, 1.54) is 4.90 Å². The second kappa shape index (κ2) is 13.5. The molecule has 0 aliphatic carbocycles. The predicted octanol–water partition coefficient (Wildman–Crippen LogP) is 5.23. The van der Waals surface area contributed by atoms with Crippen LogP contribution in [0.25, 0.3) is 0 Å². The van der Waals surface area contributed by atoms with Gasteiger partial charge in [0.2, 0.25) is 21.8 Å². The van der Waals surface area contributed by atoms with Crippen LogP contribution >= 0.6 is 11.6 Å². The number of sulfonamides is 1. The molecule has 1 N–H and O–H groups in total. The average molecular weight is 572 g/mol. The summed E-state index contributed by atoms with van der Waals surface area (Å²) in [5.74, 6) is 0.319. The van der Waals surface area contributed by atoms with Crippen molar-refractivity contribution in [2.45, 2.75) is 45.8 Å². The van der Waals surface area contributed by atoms with Gasteiger partial charge < -0.3 is 15.0 Å². The highest BCUT2D eigenvalue weighted by Gasteiger charge is 2.30. The van der Waals surface area contributed by atoms with Crippen LogP contribution in [0, 0.1) is 0 Å². The fourth-order valence-electron chi connectivity index (χ4n) is 3.75. The van der Waals surface area contributed by atoms with E-state index in [9.17, 15) is 18.0 Å². The van der Waals surface area contributed by atoms with Gasteiger partial charge in [-0.25, -0.2) is 8.42 Å². The number of anilines is 1. The number of carbonyl (C=O) groups is 2. The summed E-state index contributed by atoms with van der Waals surface area (Å²) < 4.78 is 32.4. The molecule has 0 aromatic heterocycles. The van der Waals surface area contributed by atoms with Gasteiger partial charge in [0.05, 0.1) is 11.9 Å². The zero-order valence-electron chi connectivity index (χ0n) is 22.5. The molecule has 0 saturated carbocycles. The lowest BCUT2D eigenvalue weighted by Gasteiger charge is -2.32. The summed E-state index contributed by atoms with van der Waals surface area (Å²) in [6.07, 6.45) is 1.77. The Labute approximate surface area is 235 Å². The SMILES string of the molecule is CC[C@@H](C)NC(=O)[C@@H](C)N(Cc1ccc(Cl)cc1)C(=O)CN(c1ccc(Oc2ccccc2)cc1)S(C)(=O)=O. The molecule has 3 aromatic carbocycles. The van der Waals surface area contributed by atoms with Gasteiger partial charge >= 0.3 is 0 Å². The lowest BCUT2D eigenvalue weighted by molar-refractivity contribution is -0.139. The minimum Gasteiger partial charge on any atom is -0.457 e. The summed E-state index contributed by atoms with van der Waals surface area (Å²) in [7, 11) is -3.84. The van der Waals surface area contributed by atoms with Crippen molar-refractivity contribution in [3.63, 3.8) is 0 Å². The molecule has 0 aliphatic heterocycles. The number of halogens is 1. The average Bonchev–Trinajstić information content (AvgIpc) is 2.91. The lowest BCUT2D eigenvalue weighted by atomic mass is 10.1. The van der Waals surface area contributed by atoms with Crippen LogP contribution in [0.2, 0.25) is 5.02 Å². The molecule has 3 aromatic rings. The zero-order chi connectivity index (χ0) is 28.6. The molecular weight excluding hydrogens is 538 g/mol. The number of rotatable bonds is 12. The van der Waals surface area contributed by atoms with Crippen LogP contribution in [0.5, 0.6) is 11.5 Å². The van der Waals surface area contributed by atoms with Crippen molar-refractivity contribution in [2.75, 3.05) is 17.1 Å². The Morgan fingerprint density at radius 1 is 0.923 bits per heavy atom. The molecule has 0 radical (unpaired) electrons. The molecule has 0 bridgehead atoms. The first-order valence-electron chi connectivity index (χ1n) is 12.6. The van der Waals surface area contributed by atoms with Crippen LogP contribution in [0.4, 0.5) is 5.69 Å². The molecule has 208 valence electrons. The van der Waals surface area contributed by atoms with Crippen LogP contribution in [-0.2, 0) is 26.2 Å². The van der Waals surface area contributed by atoms with Crippen molar-refractivity contribution >= 4 is 39.1 Å². The molecule has 2 amide bonds. The van der Waals surface area contributed by atoms with Gasteiger partial charge in [-0.15, -0.1) is 0 Å². The largest absolute Gasteiger partial charge is 0.457 e. The number of nitrogens with zero attached hydrogens (tertiary/aromatic N) is 2. The molecule has 0 spiro atoms. The molecule has 2 atom stereocenters. The maximum Gasteiger partial charge on any atom is 0.244 e. The highest BCUT2D eigenvalue weighted by Crippen LogP contribution is 2.26. The van der Waals surface area contributed by atoms with Gasteiger partial charge in [-0.1, -0.05) is 48.9 Å². The molecule has 0 saturated heterocycles. The molecule has 10 heteroatoms. The highest BCUT2D eigenvalue weighted by molar-refractivity contribution is 7.92. The number of nitrogens with one attached hydrogen (secondary N) is 1. The van der Waals surface area contributed by atoms with Crippen LogP contribution in [0.1, 0.15) is 32.8 Å². The van der Waals surface area contributed by atoms with Crippen molar-refractivity contribution in [1.29, 1.82) is 0 Å². The minimum atomic E-state index is -3.84. The van der Waals surface area contributed by atoms with Crippen molar-refractivity contribution in [2.24, 2.45) is 0 Å². The van der Waals surface area contributed by atoms with Gasteiger partial charge in [0.25, 0.3) is 0 Å². The van der Waals surface area contributed by atoms with Crippen molar-refractivity contribution in [1.82, 2.24) is 10.2 Å². The number of hydrogen-bond acceptors (Lipinski definition) is 5. The summed E-state index contributed by atoms with van der Waals surface area (Å²) in [4.78, 5) is 28.0. The first-order chi connectivity index (χ1) is 18.5. The predicted molar refractivity (Wildman–Crippen MR) is 155 cm³/mol. The van der Waals surface area contributed by atoms with Crippen molar-refractivity contribution in [3.8, 4) is 11.5 Å². The van der Waals surface area contributed by atoms with Gasteiger partial charge in [-0.05, 0) is 74.4 Å². The van der Waals surface area contributed by atoms with Crippen LogP contribution < -0.4 is 14.4 Å². The maximum absolute atomic E-state index is 13.6. The van der Waals surface area contributed by atoms with Gasteiger partial charge in [-0.2, -0.15) is 0 Å². The third-order valence-electron chi connectivity index (χ3n) is 6.22. The lowest BCUT2D eigenvalue weighted by Crippen LogP contribution is -2.52. The summed E-state index contributed by atoms with van der Waals surface area (Å²) in [5.41, 5.74) is 1.05. The van der Waals surface area contributed by atoms with E-state index >= 15 is 0 Å². The van der Waals surface area contributed by atoms with E-state index in [4.69, 9.17) is 16.3 Å². The Morgan fingerprint density at radius 3 is 2.08 bits per heavy atom. The fourth-order valence-corrected chi connectivity index (χ4v) is 4.73. The molecule has 0 aliphatic rings. The smallest absolute Gasteiger partial charge is 0.244 e. The van der Waals surface area contributed by atoms with Gasteiger partial charge in [0.1, 0.15) is 24.1 Å². The Bertz CT molecular complexity index is 1350. The van der Waals surface area contributed by atoms with E-state index < -0.39 is 28.5 Å². The summed E-state index contributed by atoms with van der Waals surface area (Å²) in [5, 5.41) is 3.44. The van der Waals surface area contributed by atoms with E-state index in [1.54, 1.807) is 55.5 Å². The second-order valence-electron chi connectivity index (χ2n) is 9.32. The van der Waals surface area contributed by atoms with Crippen LogP contribution in [-0.4, -0.2) is 50.0 Å². The molecule has 39 heavy (non-hydrogen) atoms. The topological polar surface area (TPSA) is 96.0 Å². The van der Waals surface area contributed by atoms with Crippen molar-refractivity contribution in [3.05, 3.63) is 89.4 Å². The molecule has 0 unspecified atom stereocenters. The maximum atomic E-state index is 13.6. The third-order valence-corrected chi connectivity index (χ3v) is 7.61. The molecular formula is C29H34ClN3O5S. The summed E-state index contributed by atoms with van der Waals surface area (Å²) >= 11 is 6.01. The van der Waals surface area contributed by atoms with E-state index in [2.05, 4.69) is 5.32 Å². The van der Waals surface area contributed by atoms with E-state index in [1.807, 2.05) is 44.2 Å². The standard InChI is InChI=1S/C29H34ClN3O5S/c1-5-21(2)31-29(35)22(3)32(19-23-11-13-24(30)14-12-23)28(34)20-33(39(4,36)37)25-15-17-27(18-16-25)38-26-9-7-6-8-10-26/h6-18,21-22H,5,19-20H2,1-4H3,(H,31,35)/t21-,22-/m1/s1. The van der Waals surface area contributed by atoms with Crippen molar-refractivity contribution < 1.29 is 22.7 Å². The Hall–Kier alpha value is -3.56. The fraction of sp³-hybridized carbons (Fsp3) is 0.310. The van der Waals surface area contributed by atoms with Crippen LogP contribution in [0.3, 0.4) is 0 Å². The Morgan fingerprint density at radius 2 is 1.51 bits per heavy atom. The molecule has 0 fully saturated rings. The monoisotopic (exact) mass is 571 g/mol. The van der Waals surface area contributed by atoms with E-state index in [-0.39, 0.29) is 18.5 Å². The van der Waals surface area contributed by atoms with E-state index in [0.717, 1.165) is 22.5 Å². The normalized spacial score (nSPS) is 12.7. The van der Waals surface area contributed by atoms with Gasteiger partial charge in [-0.3, -0.25) is 13.9 Å². The molecule has 3 rings (SSSR count). The summed E-state index contributed by atoms with van der Waals surface area (Å²) in [6, 6.07) is 21.6. The number of benzene rings is 3. The number of carbonyl (C=O) groups excluding carboxylic acids is 2. The summed E-state index contributed by atoms with van der Waals surface area (Å²) in [6.45, 7) is 5.09. The van der Waals surface area contributed by atoms with E-state index in [0.29, 0.717) is 22.2 Å². The third kappa shape index (κ3) is 8.73. The number of para-hydroxylation sites is 1. The highest BCUT2D eigenvalue weighted by atomic mass is 35.5. The zero-order valence-corrected chi connectivity index (χ0v) is 24.1. The quantitative estimate of drug-likeness (QED) is 0.321. The molecule has 8 nitrogen and oxygen atoms in total. The number of ether oxygens (including phenoxy) is 1. The van der Waals surface area contributed by atoms with Gasteiger partial charge in [0, 0.05) is 17.6 Å². The Kier molecular flexibility index (Phi) is 10.4.